The van der Waals surface area contributed by atoms with Crippen LogP contribution in [0.5, 0.6) is 0 Å². The zero-order chi connectivity index (χ0) is 21.3. The molecule has 4 rings (SSSR count). The molecule has 1 amide bonds. The van der Waals surface area contributed by atoms with Gasteiger partial charge in [0, 0.05) is 22.4 Å². The summed E-state index contributed by atoms with van der Waals surface area (Å²) in [6.07, 6.45) is 1.90. The van der Waals surface area contributed by atoms with E-state index in [0.717, 1.165) is 37.1 Å². The molecule has 0 radical (unpaired) electrons. The maximum absolute atomic E-state index is 13.9. The Hall–Kier alpha value is -2.57. The first-order chi connectivity index (χ1) is 14.5. The second kappa shape index (κ2) is 8.66. The highest BCUT2D eigenvalue weighted by Crippen LogP contribution is 2.42. The smallest absolute Gasteiger partial charge is 0.238 e. The highest BCUT2D eigenvalue weighted by molar-refractivity contribution is 7.12. The average Bonchev–Trinajstić information content (AvgIpc) is 3.05. The third-order valence-corrected chi connectivity index (χ3v) is 6.88. The number of carbonyl (C=O) groups excluding carboxylic acids is 1. The van der Waals surface area contributed by atoms with E-state index in [2.05, 4.69) is 36.2 Å². The highest BCUT2D eigenvalue weighted by atomic mass is 32.1. The predicted molar refractivity (Wildman–Crippen MR) is 117 cm³/mol. The highest BCUT2D eigenvalue weighted by Gasteiger charge is 2.33. The van der Waals surface area contributed by atoms with Crippen molar-refractivity contribution < 1.29 is 13.6 Å². The second-order valence-corrected chi connectivity index (χ2v) is 8.80. The van der Waals surface area contributed by atoms with Crippen LogP contribution in [0.3, 0.4) is 0 Å². The number of nitrogens with one attached hydrogen (secondary N) is 1. The molecule has 1 N–H and O–H groups in total. The standard InChI is InChI=1S/C24H24F2N2OS/c1-3-18-15(2)30-24-19(18)11-12-28(23(24)16-7-5-4-6-8-16)14-22(29)27-21-10-9-17(25)13-20(21)26/h4-10,13,23H,3,11-12,14H2,1-2H3,(H,27,29). The van der Waals surface area contributed by atoms with Crippen molar-refractivity contribution in [3.8, 4) is 0 Å². The predicted octanol–water partition coefficient (Wildman–Crippen LogP) is 5.48. The van der Waals surface area contributed by atoms with Crippen LogP contribution in [0.15, 0.2) is 48.5 Å². The minimum absolute atomic E-state index is 0.00408. The summed E-state index contributed by atoms with van der Waals surface area (Å²) in [4.78, 5) is 17.5. The Balaban J connectivity index is 1.62. The van der Waals surface area contributed by atoms with E-state index in [-0.39, 0.29) is 24.2 Å². The van der Waals surface area contributed by atoms with Gasteiger partial charge >= 0.3 is 0 Å². The van der Waals surface area contributed by atoms with E-state index in [1.54, 1.807) is 0 Å². The molecule has 2 heterocycles. The molecule has 1 aliphatic rings. The summed E-state index contributed by atoms with van der Waals surface area (Å²) < 4.78 is 27.1. The van der Waals surface area contributed by atoms with Crippen molar-refractivity contribution in [2.24, 2.45) is 0 Å². The van der Waals surface area contributed by atoms with Crippen LogP contribution >= 0.6 is 11.3 Å². The third-order valence-electron chi connectivity index (χ3n) is 5.63. The summed E-state index contributed by atoms with van der Waals surface area (Å²) in [6.45, 7) is 5.23. The minimum atomic E-state index is -0.773. The van der Waals surface area contributed by atoms with Crippen LogP contribution < -0.4 is 5.32 Å². The van der Waals surface area contributed by atoms with Crippen molar-refractivity contribution in [2.75, 3.05) is 18.4 Å². The van der Waals surface area contributed by atoms with E-state index in [4.69, 9.17) is 0 Å². The molecule has 1 aliphatic heterocycles. The lowest BCUT2D eigenvalue weighted by molar-refractivity contribution is -0.117. The van der Waals surface area contributed by atoms with Crippen LogP contribution in [0.1, 0.15) is 39.4 Å². The fourth-order valence-electron chi connectivity index (χ4n) is 4.29. The van der Waals surface area contributed by atoms with Gasteiger partial charge in [-0.05, 0) is 48.6 Å². The lowest BCUT2D eigenvalue weighted by atomic mass is 9.91. The number of carbonyl (C=O) groups is 1. The first kappa shape index (κ1) is 20.7. The van der Waals surface area contributed by atoms with Gasteiger partial charge in [0.25, 0.3) is 0 Å². The molecule has 1 unspecified atom stereocenters. The Bertz CT molecular complexity index is 1060. The Morgan fingerprint density at radius 2 is 1.97 bits per heavy atom. The molecular formula is C24H24F2N2OS. The van der Waals surface area contributed by atoms with E-state index in [1.165, 1.54) is 26.9 Å². The Kier molecular flexibility index (Phi) is 5.97. The van der Waals surface area contributed by atoms with Gasteiger partial charge < -0.3 is 5.32 Å². The van der Waals surface area contributed by atoms with Crippen molar-refractivity contribution in [1.82, 2.24) is 4.90 Å². The summed E-state index contributed by atoms with van der Waals surface area (Å²) in [5.41, 5.74) is 3.97. The van der Waals surface area contributed by atoms with Crippen LogP contribution in [0.4, 0.5) is 14.5 Å². The van der Waals surface area contributed by atoms with Crippen LogP contribution in [-0.2, 0) is 17.6 Å². The van der Waals surface area contributed by atoms with Crippen molar-refractivity contribution in [3.63, 3.8) is 0 Å². The summed E-state index contributed by atoms with van der Waals surface area (Å²) in [5.74, 6) is -1.75. The summed E-state index contributed by atoms with van der Waals surface area (Å²) in [6, 6.07) is 13.3. The van der Waals surface area contributed by atoms with Crippen molar-refractivity contribution in [3.05, 3.63) is 86.6 Å². The molecule has 1 atom stereocenters. The molecule has 3 nitrogen and oxygen atoms in total. The molecule has 0 saturated heterocycles. The number of hydrogen-bond donors (Lipinski definition) is 1. The zero-order valence-electron chi connectivity index (χ0n) is 17.0. The summed E-state index contributed by atoms with van der Waals surface area (Å²) in [7, 11) is 0. The number of anilines is 1. The van der Waals surface area contributed by atoms with Gasteiger partial charge in [-0.3, -0.25) is 9.69 Å². The molecule has 0 aliphatic carbocycles. The molecule has 0 bridgehead atoms. The molecule has 0 fully saturated rings. The van der Waals surface area contributed by atoms with Gasteiger partial charge in [-0.25, -0.2) is 8.78 Å². The van der Waals surface area contributed by atoms with E-state index in [0.29, 0.717) is 0 Å². The number of amides is 1. The van der Waals surface area contributed by atoms with Gasteiger partial charge in [0.05, 0.1) is 18.3 Å². The second-order valence-electron chi connectivity index (χ2n) is 7.54. The normalized spacial score (nSPS) is 16.3. The van der Waals surface area contributed by atoms with Crippen molar-refractivity contribution >= 4 is 22.9 Å². The lowest BCUT2D eigenvalue weighted by Crippen LogP contribution is -2.40. The number of thiophene rings is 1. The van der Waals surface area contributed by atoms with Crippen LogP contribution in [0, 0.1) is 18.6 Å². The minimum Gasteiger partial charge on any atom is -0.322 e. The van der Waals surface area contributed by atoms with Crippen molar-refractivity contribution in [1.29, 1.82) is 0 Å². The number of fused-ring (bicyclic) bond motifs is 1. The molecule has 1 aromatic heterocycles. The Labute approximate surface area is 179 Å². The Morgan fingerprint density at radius 1 is 1.20 bits per heavy atom. The zero-order valence-corrected chi connectivity index (χ0v) is 17.9. The summed E-state index contributed by atoms with van der Waals surface area (Å²) in [5, 5.41) is 2.59. The molecule has 0 spiro atoms. The van der Waals surface area contributed by atoms with Gasteiger partial charge in [0.15, 0.2) is 0 Å². The van der Waals surface area contributed by atoms with Crippen LogP contribution in [-0.4, -0.2) is 23.9 Å². The van der Waals surface area contributed by atoms with E-state index >= 15 is 0 Å². The van der Waals surface area contributed by atoms with Gasteiger partial charge in [0.1, 0.15) is 11.6 Å². The molecule has 2 aromatic carbocycles. The molecular weight excluding hydrogens is 402 g/mol. The molecule has 0 saturated carbocycles. The number of aryl methyl sites for hydroxylation is 1. The van der Waals surface area contributed by atoms with Crippen LogP contribution in [0.2, 0.25) is 0 Å². The molecule has 3 aromatic rings. The number of halogens is 2. The maximum Gasteiger partial charge on any atom is 0.238 e. The number of rotatable bonds is 5. The Morgan fingerprint density at radius 3 is 2.67 bits per heavy atom. The number of hydrogen-bond acceptors (Lipinski definition) is 3. The van der Waals surface area contributed by atoms with Gasteiger partial charge in [-0.15, -0.1) is 11.3 Å². The van der Waals surface area contributed by atoms with E-state index < -0.39 is 11.6 Å². The van der Waals surface area contributed by atoms with E-state index in [9.17, 15) is 13.6 Å². The molecule has 6 heteroatoms. The third kappa shape index (κ3) is 4.02. The van der Waals surface area contributed by atoms with Gasteiger partial charge in [0.2, 0.25) is 5.91 Å². The lowest BCUT2D eigenvalue weighted by Gasteiger charge is -2.36. The number of benzene rings is 2. The largest absolute Gasteiger partial charge is 0.322 e. The molecule has 156 valence electrons. The first-order valence-electron chi connectivity index (χ1n) is 10.1. The van der Waals surface area contributed by atoms with Gasteiger partial charge in [-0.2, -0.15) is 0 Å². The van der Waals surface area contributed by atoms with Gasteiger partial charge in [-0.1, -0.05) is 37.3 Å². The topological polar surface area (TPSA) is 32.3 Å². The fraction of sp³-hybridized carbons (Fsp3) is 0.292. The molecule has 30 heavy (non-hydrogen) atoms. The first-order valence-corrected chi connectivity index (χ1v) is 10.9. The number of nitrogens with zero attached hydrogens (tertiary/aromatic N) is 1. The maximum atomic E-state index is 13.9. The average molecular weight is 427 g/mol. The van der Waals surface area contributed by atoms with Crippen LogP contribution in [0.25, 0.3) is 0 Å². The quantitative estimate of drug-likeness (QED) is 0.586. The summed E-state index contributed by atoms with van der Waals surface area (Å²) >= 11 is 1.81. The van der Waals surface area contributed by atoms with Crippen molar-refractivity contribution in [2.45, 2.75) is 32.7 Å². The monoisotopic (exact) mass is 426 g/mol. The SMILES string of the molecule is CCc1c(C)sc2c1CCN(CC(=O)Nc1ccc(F)cc1F)C2c1ccccc1. The van der Waals surface area contributed by atoms with E-state index in [1.807, 2.05) is 29.5 Å². The fourth-order valence-corrected chi connectivity index (χ4v) is 5.76.